The smallest absolute Gasteiger partial charge is 0.290 e. The maximum Gasteiger partial charge on any atom is 0.290 e. The number of para-hydroxylation sites is 2. The summed E-state index contributed by atoms with van der Waals surface area (Å²) < 4.78 is 10.9. The molecule has 2 N–H and O–H groups in total. The summed E-state index contributed by atoms with van der Waals surface area (Å²) in [4.78, 5) is 21.8. The number of fused-ring (bicyclic) bond motifs is 1. The number of carbonyl (C=O) groups excluding carboxylic acids is 1. The van der Waals surface area contributed by atoms with Crippen LogP contribution in [-0.2, 0) is 6.54 Å². The minimum absolute atomic E-state index is 0.0504. The minimum Gasteiger partial charge on any atom is -0.439 e. The molecule has 1 aliphatic rings. The summed E-state index contributed by atoms with van der Waals surface area (Å²) >= 11 is 0. The zero-order valence-corrected chi connectivity index (χ0v) is 12.3. The Kier molecular flexibility index (Phi) is 3.30. The highest BCUT2D eigenvalue weighted by Crippen LogP contribution is 2.32. The average Bonchev–Trinajstić information content (AvgIpc) is 3.25. The van der Waals surface area contributed by atoms with Crippen molar-refractivity contribution >= 4 is 17.0 Å². The van der Waals surface area contributed by atoms with Crippen molar-refractivity contribution in [3.63, 3.8) is 0 Å². The molecule has 3 heterocycles. The number of nitrogens with zero attached hydrogens (tertiary/aromatic N) is 4. The molecule has 1 aromatic carbocycles. The van der Waals surface area contributed by atoms with E-state index in [2.05, 4.69) is 20.0 Å². The third-order valence-electron chi connectivity index (χ3n) is 3.99. The summed E-state index contributed by atoms with van der Waals surface area (Å²) in [5.74, 6) is 0.275. The lowest BCUT2D eigenvalue weighted by Crippen LogP contribution is -2.23. The zero-order valence-electron chi connectivity index (χ0n) is 12.3. The number of hydrogen-bond donors (Lipinski definition) is 1. The first-order chi connectivity index (χ1) is 11.2. The van der Waals surface area contributed by atoms with Crippen LogP contribution in [-0.4, -0.2) is 32.5 Å². The Labute approximate surface area is 131 Å². The van der Waals surface area contributed by atoms with Crippen molar-refractivity contribution < 1.29 is 13.7 Å². The first-order valence-corrected chi connectivity index (χ1v) is 7.42. The highest BCUT2D eigenvalue weighted by Gasteiger charge is 2.32. The third kappa shape index (κ3) is 2.57. The van der Waals surface area contributed by atoms with Gasteiger partial charge in [0.25, 0.3) is 11.7 Å². The van der Waals surface area contributed by atoms with Gasteiger partial charge in [-0.15, -0.1) is 0 Å². The van der Waals surface area contributed by atoms with Gasteiger partial charge < -0.3 is 14.7 Å². The standard InChI is InChI=1S/C15H15N5O3/c16-13(21)14-18-15(23-19-14)10-5-3-7-20(10)8-12-17-9-4-1-2-6-11(9)22-12/h1-2,4,6,10H,3,5,7-8H2,(H2,16,21)/t10-/m1/s1. The Balaban J connectivity index is 1.56. The van der Waals surface area contributed by atoms with E-state index in [-0.39, 0.29) is 11.9 Å². The van der Waals surface area contributed by atoms with Crippen molar-refractivity contribution in [2.45, 2.75) is 25.4 Å². The van der Waals surface area contributed by atoms with Crippen LogP contribution in [0, 0.1) is 0 Å². The molecule has 8 heteroatoms. The van der Waals surface area contributed by atoms with Gasteiger partial charge in [0, 0.05) is 0 Å². The SMILES string of the molecule is NC(=O)c1noc([C@H]2CCCN2Cc2nc3ccccc3o2)n1. The van der Waals surface area contributed by atoms with Crippen molar-refractivity contribution in [3.05, 3.63) is 41.9 Å². The molecule has 8 nitrogen and oxygen atoms in total. The monoisotopic (exact) mass is 313 g/mol. The van der Waals surface area contributed by atoms with Crippen molar-refractivity contribution in [2.24, 2.45) is 5.73 Å². The summed E-state index contributed by atoms with van der Waals surface area (Å²) in [6.45, 7) is 1.42. The molecule has 0 unspecified atom stereocenters. The fourth-order valence-electron chi connectivity index (χ4n) is 2.93. The quantitative estimate of drug-likeness (QED) is 0.779. The van der Waals surface area contributed by atoms with Crippen LogP contribution in [0.1, 0.15) is 41.3 Å². The number of carbonyl (C=O) groups is 1. The summed E-state index contributed by atoms with van der Waals surface area (Å²) in [5.41, 5.74) is 6.77. The summed E-state index contributed by atoms with van der Waals surface area (Å²) in [5, 5.41) is 3.61. The second kappa shape index (κ2) is 5.47. The summed E-state index contributed by atoms with van der Waals surface area (Å²) in [7, 11) is 0. The van der Waals surface area contributed by atoms with Crippen LogP contribution in [0.5, 0.6) is 0 Å². The maximum absolute atomic E-state index is 11.1. The number of aromatic nitrogens is 3. The van der Waals surface area contributed by atoms with Crippen molar-refractivity contribution in [2.75, 3.05) is 6.54 Å². The van der Waals surface area contributed by atoms with E-state index < -0.39 is 5.91 Å². The van der Waals surface area contributed by atoms with Gasteiger partial charge in [0.05, 0.1) is 12.6 Å². The Morgan fingerprint density at radius 2 is 2.22 bits per heavy atom. The van der Waals surface area contributed by atoms with Crippen molar-refractivity contribution in [1.29, 1.82) is 0 Å². The van der Waals surface area contributed by atoms with Gasteiger partial charge in [0.2, 0.25) is 11.8 Å². The molecule has 2 aromatic heterocycles. The van der Waals surface area contributed by atoms with E-state index in [1.807, 2.05) is 24.3 Å². The predicted molar refractivity (Wildman–Crippen MR) is 79.2 cm³/mol. The number of nitrogens with two attached hydrogens (primary N) is 1. The van der Waals surface area contributed by atoms with Crippen LogP contribution >= 0.6 is 0 Å². The molecule has 1 saturated heterocycles. The van der Waals surface area contributed by atoms with Crippen LogP contribution in [0.4, 0.5) is 0 Å². The van der Waals surface area contributed by atoms with Crippen LogP contribution in [0.3, 0.4) is 0 Å². The summed E-state index contributed by atoms with van der Waals surface area (Å²) in [6.07, 6.45) is 1.87. The highest BCUT2D eigenvalue weighted by atomic mass is 16.5. The maximum atomic E-state index is 11.1. The molecule has 0 saturated carbocycles. The van der Waals surface area contributed by atoms with E-state index in [9.17, 15) is 4.79 Å². The Morgan fingerprint density at radius 3 is 3.00 bits per heavy atom. The molecule has 118 valence electrons. The van der Waals surface area contributed by atoms with Crippen molar-refractivity contribution in [3.8, 4) is 0 Å². The minimum atomic E-state index is -0.691. The largest absolute Gasteiger partial charge is 0.439 e. The highest BCUT2D eigenvalue weighted by molar-refractivity contribution is 5.88. The van der Waals surface area contributed by atoms with E-state index in [1.165, 1.54) is 0 Å². The summed E-state index contributed by atoms with van der Waals surface area (Å²) in [6, 6.07) is 7.60. The number of primary amides is 1. The molecule has 0 radical (unpaired) electrons. The van der Waals surface area contributed by atoms with Crippen LogP contribution in [0.2, 0.25) is 0 Å². The number of likely N-dealkylation sites (tertiary alicyclic amines) is 1. The van der Waals surface area contributed by atoms with E-state index in [1.54, 1.807) is 0 Å². The lowest BCUT2D eigenvalue weighted by molar-refractivity contribution is 0.0987. The lowest BCUT2D eigenvalue weighted by Gasteiger charge is -2.19. The number of hydrogen-bond acceptors (Lipinski definition) is 7. The average molecular weight is 313 g/mol. The number of rotatable bonds is 4. The fourth-order valence-corrected chi connectivity index (χ4v) is 2.93. The fraction of sp³-hybridized carbons (Fsp3) is 0.333. The van der Waals surface area contributed by atoms with Gasteiger partial charge in [0.15, 0.2) is 5.58 Å². The van der Waals surface area contributed by atoms with E-state index in [0.717, 1.165) is 30.5 Å². The molecule has 23 heavy (non-hydrogen) atoms. The van der Waals surface area contributed by atoms with E-state index in [4.69, 9.17) is 14.7 Å². The second-order valence-corrected chi connectivity index (χ2v) is 5.52. The zero-order chi connectivity index (χ0) is 15.8. The molecular formula is C15H15N5O3. The first-order valence-electron chi connectivity index (χ1n) is 7.42. The van der Waals surface area contributed by atoms with Gasteiger partial charge in [-0.05, 0) is 31.5 Å². The normalized spacial score (nSPS) is 18.7. The Hall–Kier alpha value is -2.74. The first kappa shape index (κ1) is 13.9. The number of oxazole rings is 1. The van der Waals surface area contributed by atoms with Gasteiger partial charge in [-0.1, -0.05) is 17.3 Å². The lowest BCUT2D eigenvalue weighted by atomic mass is 10.2. The molecule has 1 atom stereocenters. The Bertz CT molecular complexity index is 823. The van der Waals surface area contributed by atoms with Crippen LogP contribution in [0.15, 0.2) is 33.2 Å². The van der Waals surface area contributed by atoms with Gasteiger partial charge in [-0.2, -0.15) is 4.98 Å². The second-order valence-electron chi connectivity index (χ2n) is 5.52. The molecule has 0 bridgehead atoms. The number of benzene rings is 1. The molecular weight excluding hydrogens is 298 g/mol. The molecule has 1 amide bonds. The Morgan fingerprint density at radius 1 is 1.35 bits per heavy atom. The topological polar surface area (TPSA) is 111 Å². The van der Waals surface area contributed by atoms with Crippen LogP contribution < -0.4 is 5.73 Å². The van der Waals surface area contributed by atoms with Gasteiger partial charge >= 0.3 is 0 Å². The predicted octanol–water partition coefficient (Wildman–Crippen LogP) is 1.65. The van der Waals surface area contributed by atoms with Gasteiger partial charge in [-0.3, -0.25) is 9.69 Å². The molecule has 4 rings (SSSR count). The van der Waals surface area contributed by atoms with Crippen LogP contribution in [0.25, 0.3) is 11.1 Å². The van der Waals surface area contributed by atoms with Crippen molar-refractivity contribution in [1.82, 2.24) is 20.0 Å². The molecule has 0 aliphatic carbocycles. The van der Waals surface area contributed by atoms with E-state index in [0.29, 0.717) is 18.3 Å². The van der Waals surface area contributed by atoms with E-state index >= 15 is 0 Å². The van der Waals surface area contributed by atoms with Gasteiger partial charge in [0.1, 0.15) is 5.52 Å². The molecule has 3 aromatic rings. The molecule has 1 aliphatic heterocycles. The third-order valence-corrected chi connectivity index (χ3v) is 3.99. The van der Waals surface area contributed by atoms with Gasteiger partial charge in [-0.25, -0.2) is 4.98 Å². The number of amides is 1. The molecule has 1 fully saturated rings. The molecule has 0 spiro atoms.